The fourth-order valence-electron chi connectivity index (χ4n) is 2.13. The van der Waals surface area contributed by atoms with Gasteiger partial charge in [-0.15, -0.1) is 0 Å². The van der Waals surface area contributed by atoms with Gasteiger partial charge in [-0.2, -0.15) is 0 Å². The number of urea groups is 1. The molecule has 0 radical (unpaired) electrons. The first kappa shape index (κ1) is 15.3. The maximum absolute atomic E-state index is 12.2. The molecule has 1 atom stereocenters. The SMILES string of the molecule is CCOC(=O)C1=C(CN)NC(=O)NC1c1ccc(Cl)cc1. The topological polar surface area (TPSA) is 93.4 Å². The van der Waals surface area contributed by atoms with Crippen molar-refractivity contribution in [1.29, 1.82) is 0 Å². The third kappa shape index (κ3) is 3.34. The number of rotatable bonds is 4. The van der Waals surface area contributed by atoms with E-state index in [9.17, 15) is 9.59 Å². The highest BCUT2D eigenvalue weighted by molar-refractivity contribution is 6.30. The Kier molecular flexibility index (Phi) is 4.82. The molecular formula is C14H16ClN3O3. The van der Waals surface area contributed by atoms with Gasteiger partial charge in [-0.3, -0.25) is 0 Å². The number of halogens is 1. The average molecular weight is 310 g/mol. The highest BCUT2D eigenvalue weighted by Crippen LogP contribution is 2.28. The molecule has 4 N–H and O–H groups in total. The Morgan fingerprint density at radius 3 is 2.62 bits per heavy atom. The van der Waals surface area contributed by atoms with Crippen LogP contribution in [0.4, 0.5) is 4.79 Å². The van der Waals surface area contributed by atoms with E-state index in [0.29, 0.717) is 16.3 Å². The van der Waals surface area contributed by atoms with Crippen LogP contribution in [0.15, 0.2) is 35.5 Å². The number of ether oxygens (including phenoxy) is 1. The molecule has 1 unspecified atom stereocenters. The molecule has 1 aliphatic heterocycles. The number of hydrogen-bond acceptors (Lipinski definition) is 4. The molecule has 0 saturated carbocycles. The Hall–Kier alpha value is -2.05. The summed E-state index contributed by atoms with van der Waals surface area (Å²) in [5.74, 6) is -0.509. The number of carbonyl (C=O) groups is 2. The molecule has 2 rings (SSSR count). The van der Waals surface area contributed by atoms with Crippen molar-refractivity contribution in [2.75, 3.05) is 13.2 Å². The molecule has 1 aromatic rings. The minimum absolute atomic E-state index is 0.0334. The van der Waals surface area contributed by atoms with Gasteiger partial charge >= 0.3 is 12.0 Å². The van der Waals surface area contributed by atoms with Crippen LogP contribution in [0.1, 0.15) is 18.5 Å². The maximum Gasteiger partial charge on any atom is 0.338 e. The molecule has 0 aliphatic carbocycles. The number of amides is 2. The fraction of sp³-hybridized carbons (Fsp3) is 0.286. The average Bonchev–Trinajstić information content (AvgIpc) is 2.47. The van der Waals surface area contributed by atoms with E-state index >= 15 is 0 Å². The summed E-state index contributed by atoms with van der Waals surface area (Å²) in [7, 11) is 0. The Labute approximate surface area is 127 Å². The van der Waals surface area contributed by atoms with Crippen LogP contribution in [0.25, 0.3) is 0 Å². The summed E-state index contributed by atoms with van der Waals surface area (Å²) in [4.78, 5) is 23.9. The molecule has 0 fully saturated rings. The van der Waals surface area contributed by atoms with Gasteiger partial charge in [0.2, 0.25) is 0 Å². The lowest BCUT2D eigenvalue weighted by Crippen LogP contribution is -2.47. The van der Waals surface area contributed by atoms with Crippen molar-refractivity contribution in [2.24, 2.45) is 5.73 Å². The molecule has 1 aliphatic rings. The molecule has 2 amide bonds. The highest BCUT2D eigenvalue weighted by Gasteiger charge is 2.33. The lowest BCUT2D eigenvalue weighted by molar-refractivity contribution is -0.139. The van der Waals surface area contributed by atoms with Crippen LogP contribution < -0.4 is 16.4 Å². The van der Waals surface area contributed by atoms with Gasteiger partial charge in [-0.05, 0) is 24.6 Å². The van der Waals surface area contributed by atoms with Crippen LogP contribution in [0.2, 0.25) is 5.02 Å². The number of esters is 1. The smallest absolute Gasteiger partial charge is 0.338 e. The second-order valence-electron chi connectivity index (χ2n) is 4.40. The van der Waals surface area contributed by atoms with E-state index in [1.165, 1.54) is 0 Å². The Morgan fingerprint density at radius 2 is 2.05 bits per heavy atom. The van der Waals surface area contributed by atoms with Crippen molar-refractivity contribution in [1.82, 2.24) is 10.6 Å². The lowest BCUT2D eigenvalue weighted by atomic mass is 9.95. The molecule has 0 saturated heterocycles. The monoisotopic (exact) mass is 309 g/mol. The molecule has 7 heteroatoms. The highest BCUT2D eigenvalue weighted by atomic mass is 35.5. The molecule has 0 spiro atoms. The zero-order valence-corrected chi connectivity index (χ0v) is 12.2. The van der Waals surface area contributed by atoms with E-state index < -0.39 is 18.0 Å². The lowest BCUT2D eigenvalue weighted by Gasteiger charge is -2.28. The van der Waals surface area contributed by atoms with Crippen LogP contribution in [-0.2, 0) is 9.53 Å². The van der Waals surface area contributed by atoms with Gasteiger partial charge in [-0.1, -0.05) is 23.7 Å². The third-order valence-corrected chi connectivity index (χ3v) is 3.31. The summed E-state index contributed by atoms with van der Waals surface area (Å²) in [5.41, 5.74) is 7.02. The van der Waals surface area contributed by atoms with Gasteiger partial charge in [0.1, 0.15) is 0 Å². The van der Waals surface area contributed by atoms with E-state index in [-0.39, 0.29) is 13.2 Å². The Bertz CT molecular complexity index is 584. The van der Waals surface area contributed by atoms with Crippen LogP contribution in [0.5, 0.6) is 0 Å². The van der Waals surface area contributed by atoms with E-state index in [2.05, 4.69) is 10.6 Å². The van der Waals surface area contributed by atoms with Gasteiger partial charge in [0, 0.05) is 17.3 Å². The van der Waals surface area contributed by atoms with E-state index in [4.69, 9.17) is 22.1 Å². The van der Waals surface area contributed by atoms with Gasteiger partial charge in [-0.25, -0.2) is 9.59 Å². The normalized spacial score (nSPS) is 18.0. The van der Waals surface area contributed by atoms with Gasteiger partial charge in [0.15, 0.2) is 0 Å². The van der Waals surface area contributed by atoms with Crippen molar-refractivity contribution in [3.63, 3.8) is 0 Å². The first-order chi connectivity index (χ1) is 10.1. The number of nitrogens with two attached hydrogens (primary N) is 1. The number of carbonyl (C=O) groups excluding carboxylic acids is 2. The summed E-state index contributed by atoms with van der Waals surface area (Å²) < 4.78 is 5.05. The maximum atomic E-state index is 12.2. The third-order valence-electron chi connectivity index (χ3n) is 3.06. The van der Waals surface area contributed by atoms with Crippen LogP contribution in [0.3, 0.4) is 0 Å². The van der Waals surface area contributed by atoms with E-state index in [1.54, 1.807) is 31.2 Å². The molecule has 0 bridgehead atoms. The standard InChI is InChI=1S/C14H16ClN3O3/c1-2-21-13(19)11-10(7-16)17-14(20)18-12(11)8-3-5-9(15)6-4-8/h3-6,12H,2,7,16H2,1H3,(H2,17,18,20). The van der Waals surface area contributed by atoms with Crippen molar-refractivity contribution < 1.29 is 14.3 Å². The first-order valence-electron chi connectivity index (χ1n) is 6.50. The van der Waals surface area contributed by atoms with Crippen molar-refractivity contribution in [3.8, 4) is 0 Å². The van der Waals surface area contributed by atoms with Gasteiger partial charge < -0.3 is 21.1 Å². The molecule has 112 valence electrons. The number of nitrogens with one attached hydrogen (secondary N) is 2. The Morgan fingerprint density at radius 1 is 1.38 bits per heavy atom. The van der Waals surface area contributed by atoms with Crippen LogP contribution >= 0.6 is 11.6 Å². The van der Waals surface area contributed by atoms with Crippen LogP contribution in [0, 0.1) is 0 Å². The summed E-state index contributed by atoms with van der Waals surface area (Å²) >= 11 is 5.86. The van der Waals surface area contributed by atoms with Crippen LogP contribution in [-0.4, -0.2) is 25.2 Å². The summed E-state index contributed by atoms with van der Waals surface area (Å²) in [6, 6.07) is 5.83. The van der Waals surface area contributed by atoms with E-state index in [0.717, 1.165) is 5.56 Å². The van der Waals surface area contributed by atoms with Gasteiger partial charge in [0.25, 0.3) is 0 Å². The Balaban J connectivity index is 2.46. The predicted molar refractivity (Wildman–Crippen MR) is 78.6 cm³/mol. The van der Waals surface area contributed by atoms with Crippen molar-refractivity contribution >= 4 is 23.6 Å². The number of hydrogen-bond donors (Lipinski definition) is 3. The second-order valence-corrected chi connectivity index (χ2v) is 4.84. The fourth-order valence-corrected chi connectivity index (χ4v) is 2.26. The zero-order valence-electron chi connectivity index (χ0n) is 11.5. The molecule has 1 aromatic carbocycles. The molecular weight excluding hydrogens is 294 g/mol. The summed E-state index contributed by atoms with van der Waals surface area (Å²) in [5, 5.41) is 5.81. The number of benzene rings is 1. The molecule has 6 nitrogen and oxygen atoms in total. The summed E-state index contributed by atoms with van der Waals surface area (Å²) in [6.45, 7) is 1.99. The predicted octanol–water partition coefficient (Wildman–Crippen LogP) is 1.47. The largest absolute Gasteiger partial charge is 0.463 e. The molecule has 1 heterocycles. The quantitative estimate of drug-likeness (QED) is 0.734. The first-order valence-corrected chi connectivity index (χ1v) is 6.87. The van der Waals surface area contributed by atoms with Crippen molar-refractivity contribution in [3.05, 3.63) is 46.1 Å². The molecule has 21 heavy (non-hydrogen) atoms. The minimum atomic E-state index is -0.617. The minimum Gasteiger partial charge on any atom is -0.463 e. The zero-order chi connectivity index (χ0) is 15.4. The second kappa shape index (κ2) is 6.60. The van der Waals surface area contributed by atoms with E-state index in [1.807, 2.05) is 0 Å². The van der Waals surface area contributed by atoms with Gasteiger partial charge in [0.05, 0.1) is 18.2 Å². The molecule has 0 aromatic heterocycles. The van der Waals surface area contributed by atoms with Crippen molar-refractivity contribution in [2.45, 2.75) is 13.0 Å². The summed E-state index contributed by atoms with van der Waals surface area (Å²) in [6.07, 6.45) is 0.